The van der Waals surface area contributed by atoms with E-state index in [0.717, 1.165) is 5.56 Å². The van der Waals surface area contributed by atoms with Gasteiger partial charge in [-0.3, -0.25) is 0 Å². The van der Waals surface area contributed by atoms with E-state index >= 15 is 0 Å². The van der Waals surface area contributed by atoms with Crippen LogP contribution in [-0.4, -0.2) is 0 Å². The Bertz CT molecular complexity index is 303. The summed E-state index contributed by atoms with van der Waals surface area (Å²) in [5.41, 5.74) is 2.37. The summed E-state index contributed by atoms with van der Waals surface area (Å²) in [7, 11) is 0. The first-order chi connectivity index (χ1) is 5.97. The molecule has 0 aliphatic heterocycles. The van der Waals surface area contributed by atoms with Gasteiger partial charge >= 0.3 is 19.5 Å². The summed E-state index contributed by atoms with van der Waals surface area (Å²) >= 11 is 0. The van der Waals surface area contributed by atoms with Crippen LogP contribution >= 0.6 is 0 Å². The molecular weight excluding hydrogens is 222 g/mol. The Labute approximate surface area is 98.7 Å². The number of hydrogen-bond acceptors (Lipinski definition) is 0. The molecule has 0 unspecified atom stereocenters. The van der Waals surface area contributed by atoms with Crippen molar-refractivity contribution in [1.29, 1.82) is 0 Å². The van der Waals surface area contributed by atoms with Crippen molar-refractivity contribution in [2.24, 2.45) is 0 Å². The molecule has 0 heterocycles. The van der Waals surface area contributed by atoms with Gasteiger partial charge in [0.2, 0.25) is 0 Å². The van der Waals surface area contributed by atoms with E-state index in [1.165, 1.54) is 5.56 Å². The molecule has 0 fully saturated rings. The van der Waals surface area contributed by atoms with E-state index in [2.05, 4.69) is 24.3 Å². The summed E-state index contributed by atoms with van der Waals surface area (Å²) in [4.78, 5) is 0. The Morgan fingerprint density at radius 3 is 2.00 bits per heavy atom. The maximum Gasteiger partial charge on any atom is 2.00 e. The van der Waals surface area contributed by atoms with Crippen molar-refractivity contribution in [1.82, 2.24) is 0 Å². The second-order valence-electron chi connectivity index (χ2n) is 2.64. The Morgan fingerprint density at radius 2 is 1.43 bits per heavy atom. The van der Waals surface area contributed by atoms with E-state index < -0.39 is 0 Å². The fourth-order valence-corrected chi connectivity index (χ4v) is 1.19. The monoisotopic (exact) mass is 232 g/mol. The third kappa shape index (κ3) is 3.08. The van der Waals surface area contributed by atoms with Crippen LogP contribution in [0.4, 0.5) is 0 Å². The molecule has 0 spiro atoms. The largest absolute Gasteiger partial charge is 2.00 e. The van der Waals surface area contributed by atoms with Gasteiger partial charge < -0.3 is 7.43 Å². The standard InChI is InChI=1S/C12H9.CH3.Zn/c1-3-7-11(8-4-1)12-9-5-2-6-10-12;;/h1-9H;1H3;/q2*-1;+2. The molecule has 0 saturated carbocycles. The quantitative estimate of drug-likeness (QED) is 0.522. The van der Waals surface area contributed by atoms with E-state index in [4.69, 9.17) is 0 Å². The molecule has 0 radical (unpaired) electrons. The van der Waals surface area contributed by atoms with Crippen molar-refractivity contribution >= 4 is 0 Å². The van der Waals surface area contributed by atoms with E-state index in [0.29, 0.717) is 0 Å². The summed E-state index contributed by atoms with van der Waals surface area (Å²) in [5, 5.41) is 0. The van der Waals surface area contributed by atoms with Gasteiger partial charge in [0.25, 0.3) is 0 Å². The third-order valence-electron chi connectivity index (χ3n) is 1.79. The van der Waals surface area contributed by atoms with Crippen LogP contribution in [0.3, 0.4) is 0 Å². The molecule has 2 aromatic carbocycles. The molecule has 14 heavy (non-hydrogen) atoms. The van der Waals surface area contributed by atoms with Crippen LogP contribution in [0.2, 0.25) is 0 Å². The molecule has 0 aliphatic rings. The molecule has 0 saturated heterocycles. The van der Waals surface area contributed by atoms with E-state index in [9.17, 15) is 0 Å². The Hall–Kier alpha value is -0.937. The van der Waals surface area contributed by atoms with Crippen LogP contribution in [0.15, 0.2) is 54.6 Å². The Morgan fingerprint density at radius 1 is 0.786 bits per heavy atom. The molecule has 0 bridgehead atoms. The predicted octanol–water partition coefficient (Wildman–Crippen LogP) is 3.60. The second-order valence-corrected chi connectivity index (χ2v) is 2.64. The van der Waals surface area contributed by atoms with Crippen molar-refractivity contribution in [3.8, 4) is 11.1 Å². The van der Waals surface area contributed by atoms with Crippen LogP contribution in [0, 0.1) is 13.5 Å². The van der Waals surface area contributed by atoms with Gasteiger partial charge in [-0.1, -0.05) is 35.9 Å². The maximum absolute atomic E-state index is 3.18. The molecule has 0 nitrogen and oxygen atoms in total. The molecule has 0 N–H and O–H groups in total. The fourth-order valence-electron chi connectivity index (χ4n) is 1.19. The van der Waals surface area contributed by atoms with Crippen LogP contribution in [-0.2, 0) is 19.5 Å². The number of hydrogen-bond donors (Lipinski definition) is 0. The molecule has 1 heteroatoms. The average molecular weight is 234 g/mol. The molecule has 66 valence electrons. The second kappa shape index (κ2) is 6.51. The van der Waals surface area contributed by atoms with Gasteiger partial charge in [-0.15, -0.1) is 35.9 Å². The number of rotatable bonds is 1. The van der Waals surface area contributed by atoms with Crippen LogP contribution in [0.5, 0.6) is 0 Å². The molecule has 2 rings (SSSR count). The minimum absolute atomic E-state index is 0. The normalized spacial score (nSPS) is 8.29. The zero-order valence-corrected chi connectivity index (χ0v) is 11.4. The Kier molecular flexibility index (Phi) is 6.07. The SMILES string of the molecule is [CH3-].[Zn+2].[c-]1ccccc1-c1ccccc1. The van der Waals surface area contributed by atoms with Crippen LogP contribution in [0.1, 0.15) is 0 Å². The van der Waals surface area contributed by atoms with Gasteiger partial charge in [0.1, 0.15) is 0 Å². The van der Waals surface area contributed by atoms with E-state index in [1.54, 1.807) is 0 Å². The summed E-state index contributed by atoms with van der Waals surface area (Å²) < 4.78 is 0. The molecule has 0 aliphatic carbocycles. The minimum Gasteiger partial charge on any atom is -0.358 e. The van der Waals surface area contributed by atoms with Crippen molar-refractivity contribution in [2.75, 3.05) is 0 Å². The predicted molar refractivity (Wildman–Crippen MR) is 57.1 cm³/mol. The maximum atomic E-state index is 3.18. The van der Waals surface area contributed by atoms with Gasteiger partial charge in [0.15, 0.2) is 0 Å². The zero-order chi connectivity index (χ0) is 8.23. The summed E-state index contributed by atoms with van der Waals surface area (Å²) in [6.45, 7) is 0. The summed E-state index contributed by atoms with van der Waals surface area (Å²) in [6, 6.07) is 21.5. The minimum atomic E-state index is 0. The smallest absolute Gasteiger partial charge is 0.358 e. The van der Waals surface area contributed by atoms with Crippen LogP contribution in [0.25, 0.3) is 11.1 Å². The third-order valence-corrected chi connectivity index (χ3v) is 1.79. The molecule has 0 amide bonds. The van der Waals surface area contributed by atoms with Crippen molar-refractivity contribution in [3.63, 3.8) is 0 Å². The van der Waals surface area contributed by atoms with Gasteiger partial charge in [0, 0.05) is 0 Å². The fraction of sp³-hybridized carbons (Fsp3) is 0. The summed E-state index contributed by atoms with van der Waals surface area (Å²) in [6.07, 6.45) is 0. The topological polar surface area (TPSA) is 0 Å². The Balaban J connectivity index is 0.000000845. The first kappa shape index (κ1) is 13.1. The van der Waals surface area contributed by atoms with Gasteiger partial charge in [-0.2, -0.15) is 0 Å². The molecule has 0 aromatic heterocycles. The van der Waals surface area contributed by atoms with E-state index in [1.807, 2.05) is 36.4 Å². The van der Waals surface area contributed by atoms with Gasteiger partial charge in [0.05, 0.1) is 0 Å². The zero-order valence-electron chi connectivity index (χ0n) is 8.40. The van der Waals surface area contributed by atoms with Crippen LogP contribution < -0.4 is 0 Å². The van der Waals surface area contributed by atoms with Crippen molar-refractivity contribution in [3.05, 3.63) is 68.1 Å². The molecular formula is C13H12Zn. The summed E-state index contributed by atoms with van der Waals surface area (Å²) in [5.74, 6) is 0. The van der Waals surface area contributed by atoms with Crippen molar-refractivity contribution < 1.29 is 19.5 Å². The average Bonchev–Trinajstić information content (AvgIpc) is 2.21. The van der Waals surface area contributed by atoms with Crippen molar-refractivity contribution in [2.45, 2.75) is 0 Å². The van der Waals surface area contributed by atoms with E-state index in [-0.39, 0.29) is 26.9 Å². The molecule has 0 atom stereocenters. The number of benzene rings is 2. The first-order valence-corrected chi connectivity index (χ1v) is 3.99. The van der Waals surface area contributed by atoms with Gasteiger partial charge in [-0.05, 0) is 0 Å². The first-order valence-electron chi connectivity index (χ1n) is 3.99. The molecule has 2 aromatic rings. The van der Waals surface area contributed by atoms with Gasteiger partial charge in [-0.25, -0.2) is 0 Å².